The molecule has 3 aromatic rings. The Balaban J connectivity index is 1.34. The zero-order valence-electron chi connectivity index (χ0n) is 21.7. The number of carbonyl (C=O) groups excluding carboxylic acids is 1. The second-order valence-electron chi connectivity index (χ2n) is 10.5. The maximum Gasteiger partial charge on any atom is 0.243 e. The van der Waals surface area contributed by atoms with Crippen LogP contribution in [-0.4, -0.2) is 37.4 Å². The lowest BCUT2D eigenvalue weighted by Crippen LogP contribution is -2.41. The van der Waals surface area contributed by atoms with Crippen LogP contribution in [0.3, 0.4) is 0 Å². The van der Waals surface area contributed by atoms with E-state index in [9.17, 15) is 13.2 Å². The van der Waals surface area contributed by atoms with Crippen molar-refractivity contribution in [3.63, 3.8) is 0 Å². The minimum absolute atomic E-state index is 0.133. The quantitative estimate of drug-likeness (QED) is 0.361. The smallest absolute Gasteiger partial charge is 0.243 e. The van der Waals surface area contributed by atoms with E-state index in [1.165, 1.54) is 4.31 Å². The SMILES string of the molecule is CC(C)N(C(C)C)S(=O)(=O)c1ccc(-c2cccc(CC(=O)C3(c4ccc5c(c4)OCO5)CC3)c2)cc1. The van der Waals surface area contributed by atoms with E-state index >= 15 is 0 Å². The molecule has 0 spiro atoms. The summed E-state index contributed by atoms with van der Waals surface area (Å²) in [5.74, 6) is 1.63. The van der Waals surface area contributed by atoms with Gasteiger partial charge in [0.1, 0.15) is 5.78 Å². The summed E-state index contributed by atoms with van der Waals surface area (Å²) in [4.78, 5) is 13.7. The van der Waals surface area contributed by atoms with E-state index in [0.29, 0.717) is 12.2 Å². The Morgan fingerprint density at radius 3 is 2.19 bits per heavy atom. The Labute approximate surface area is 219 Å². The standard InChI is InChI=1S/C30H33NO5S/c1-20(2)31(21(3)4)37(33,34)26-11-8-23(9-12-26)24-7-5-6-22(16-24)17-29(32)30(14-15-30)25-10-13-27-28(18-25)36-19-35-27/h5-13,16,18,20-21H,14-15,17,19H2,1-4H3. The van der Waals surface area contributed by atoms with Gasteiger partial charge >= 0.3 is 0 Å². The van der Waals surface area contributed by atoms with E-state index in [4.69, 9.17) is 9.47 Å². The molecule has 0 radical (unpaired) electrons. The van der Waals surface area contributed by atoms with Crippen molar-refractivity contribution >= 4 is 15.8 Å². The van der Waals surface area contributed by atoms with Crippen LogP contribution in [0.15, 0.2) is 71.6 Å². The maximum atomic E-state index is 13.4. The van der Waals surface area contributed by atoms with Gasteiger partial charge in [-0.3, -0.25) is 4.79 Å². The van der Waals surface area contributed by atoms with E-state index in [1.807, 2.05) is 82.3 Å². The molecule has 0 N–H and O–H groups in total. The first-order valence-corrected chi connectivity index (χ1v) is 14.2. The molecule has 0 saturated heterocycles. The molecule has 0 bridgehead atoms. The number of ether oxygens (including phenoxy) is 2. The zero-order valence-corrected chi connectivity index (χ0v) is 22.5. The number of hydrogen-bond donors (Lipinski definition) is 0. The molecule has 7 heteroatoms. The molecular weight excluding hydrogens is 486 g/mol. The minimum Gasteiger partial charge on any atom is -0.454 e. The van der Waals surface area contributed by atoms with Gasteiger partial charge in [-0.15, -0.1) is 0 Å². The Morgan fingerprint density at radius 1 is 0.865 bits per heavy atom. The van der Waals surface area contributed by atoms with Crippen molar-refractivity contribution in [2.45, 2.75) is 69.4 Å². The predicted octanol–water partition coefficient (Wildman–Crippen LogP) is 5.73. The Kier molecular flexibility index (Phi) is 6.62. The van der Waals surface area contributed by atoms with Crippen LogP contribution < -0.4 is 9.47 Å². The van der Waals surface area contributed by atoms with Crippen molar-refractivity contribution in [2.75, 3.05) is 6.79 Å². The summed E-state index contributed by atoms with van der Waals surface area (Å²) >= 11 is 0. The Morgan fingerprint density at radius 2 is 1.54 bits per heavy atom. The van der Waals surface area contributed by atoms with E-state index in [1.54, 1.807) is 12.1 Å². The fourth-order valence-electron chi connectivity index (χ4n) is 5.36. The van der Waals surface area contributed by atoms with Crippen LogP contribution >= 0.6 is 0 Å². The van der Waals surface area contributed by atoms with Crippen molar-refractivity contribution < 1.29 is 22.7 Å². The maximum absolute atomic E-state index is 13.4. The van der Waals surface area contributed by atoms with E-state index in [0.717, 1.165) is 40.8 Å². The van der Waals surface area contributed by atoms with Crippen molar-refractivity contribution in [2.24, 2.45) is 0 Å². The summed E-state index contributed by atoms with van der Waals surface area (Å²) in [5, 5.41) is 0. The molecular formula is C30H33NO5S. The van der Waals surface area contributed by atoms with Gasteiger partial charge < -0.3 is 9.47 Å². The van der Waals surface area contributed by atoms with Crippen LogP contribution in [0.25, 0.3) is 11.1 Å². The lowest BCUT2D eigenvalue weighted by Gasteiger charge is -2.29. The molecule has 2 aliphatic rings. The second kappa shape index (κ2) is 9.62. The lowest BCUT2D eigenvalue weighted by molar-refractivity contribution is -0.120. The molecule has 0 aromatic heterocycles. The van der Waals surface area contributed by atoms with Gasteiger partial charge in [0.25, 0.3) is 0 Å². The summed E-state index contributed by atoms with van der Waals surface area (Å²) < 4.78 is 38.8. The molecule has 194 valence electrons. The number of benzene rings is 3. The highest BCUT2D eigenvalue weighted by Crippen LogP contribution is 2.51. The number of carbonyl (C=O) groups is 1. The van der Waals surface area contributed by atoms with E-state index in [2.05, 4.69) is 0 Å². The average Bonchev–Trinajstić information content (AvgIpc) is 3.54. The molecule has 0 unspecified atom stereocenters. The average molecular weight is 520 g/mol. The third-order valence-electron chi connectivity index (χ3n) is 7.28. The topological polar surface area (TPSA) is 72.9 Å². The van der Waals surface area contributed by atoms with Crippen LogP contribution in [0.1, 0.15) is 51.7 Å². The Hall–Kier alpha value is -3.16. The molecule has 1 aliphatic heterocycles. The molecule has 37 heavy (non-hydrogen) atoms. The van der Waals surface area contributed by atoms with Crippen molar-refractivity contribution in [3.05, 3.63) is 77.9 Å². The zero-order chi connectivity index (χ0) is 26.4. The van der Waals surface area contributed by atoms with Crippen LogP contribution in [0.5, 0.6) is 11.5 Å². The van der Waals surface area contributed by atoms with Gasteiger partial charge in [0.05, 0.1) is 10.3 Å². The van der Waals surface area contributed by atoms with Crippen molar-refractivity contribution in [1.29, 1.82) is 0 Å². The predicted molar refractivity (Wildman–Crippen MR) is 143 cm³/mol. The highest BCUT2D eigenvalue weighted by atomic mass is 32.2. The molecule has 1 aliphatic carbocycles. The first-order chi connectivity index (χ1) is 17.6. The molecule has 0 atom stereocenters. The van der Waals surface area contributed by atoms with Crippen molar-refractivity contribution in [3.8, 4) is 22.6 Å². The third kappa shape index (κ3) is 4.78. The van der Waals surface area contributed by atoms with E-state index < -0.39 is 15.4 Å². The number of ketones is 1. The molecule has 6 nitrogen and oxygen atoms in total. The molecule has 1 fully saturated rings. The number of sulfonamides is 1. The number of hydrogen-bond acceptors (Lipinski definition) is 5. The third-order valence-corrected chi connectivity index (χ3v) is 9.55. The number of rotatable bonds is 9. The Bertz CT molecular complexity index is 1410. The van der Waals surface area contributed by atoms with Crippen LogP contribution in [-0.2, 0) is 26.7 Å². The fourth-order valence-corrected chi connectivity index (χ4v) is 7.19. The molecule has 0 amide bonds. The van der Waals surface area contributed by atoms with Gasteiger partial charge in [0, 0.05) is 18.5 Å². The van der Waals surface area contributed by atoms with Gasteiger partial charge in [-0.1, -0.05) is 42.5 Å². The normalized spacial score (nSPS) is 16.0. The number of fused-ring (bicyclic) bond motifs is 1. The van der Waals surface area contributed by atoms with Gasteiger partial charge in [0.15, 0.2) is 11.5 Å². The minimum atomic E-state index is -3.59. The van der Waals surface area contributed by atoms with E-state index in [-0.39, 0.29) is 29.6 Å². The van der Waals surface area contributed by atoms with Crippen LogP contribution in [0.2, 0.25) is 0 Å². The summed E-state index contributed by atoms with van der Waals surface area (Å²) in [5.41, 5.74) is 3.34. The summed E-state index contributed by atoms with van der Waals surface area (Å²) in [6.07, 6.45) is 2.02. The van der Waals surface area contributed by atoms with Crippen LogP contribution in [0, 0.1) is 0 Å². The van der Waals surface area contributed by atoms with Gasteiger partial charge in [0.2, 0.25) is 16.8 Å². The number of Topliss-reactive ketones (excluding diaryl/α,β-unsaturated/α-hetero) is 1. The molecule has 5 rings (SSSR count). The van der Waals surface area contributed by atoms with Gasteiger partial charge in [-0.25, -0.2) is 8.42 Å². The largest absolute Gasteiger partial charge is 0.454 e. The van der Waals surface area contributed by atoms with Crippen molar-refractivity contribution in [1.82, 2.24) is 4.31 Å². The summed E-state index contributed by atoms with van der Waals surface area (Å²) in [7, 11) is -3.59. The second-order valence-corrected chi connectivity index (χ2v) is 12.3. The molecule has 1 heterocycles. The number of nitrogens with zero attached hydrogens (tertiary/aromatic N) is 1. The molecule has 1 saturated carbocycles. The van der Waals surface area contributed by atoms with Gasteiger partial charge in [-0.05, 0) is 87.1 Å². The lowest BCUT2D eigenvalue weighted by atomic mass is 9.87. The first-order valence-electron chi connectivity index (χ1n) is 12.8. The van der Waals surface area contributed by atoms with Gasteiger partial charge in [-0.2, -0.15) is 4.31 Å². The monoisotopic (exact) mass is 519 g/mol. The highest BCUT2D eigenvalue weighted by molar-refractivity contribution is 7.89. The highest BCUT2D eigenvalue weighted by Gasteiger charge is 2.50. The first kappa shape index (κ1) is 25.5. The summed E-state index contributed by atoms with van der Waals surface area (Å²) in [6, 6.07) is 20.5. The summed E-state index contributed by atoms with van der Waals surface area (Å²) in [6.45, 7) is 7.76. The molecule has 3 aromatic carbocycles. The fraction of sp³-hybridized carbons (Fsp3) is 0.367. The van der Waals surface area contributed by atoms with Crippen LogP contribution in [0.4, 0.5) is 0 Å².